The molecule has 2 nitrogen and oxygen atoms in total. The summed E-state index contributed by atoms with van der Waals surface area (Å²) < 4.78 is 6.38. The summed E-state index contributed by atoms with van der Waals surface area (Å²) in [4.78, 5) is 0. The summed E-state index contributed by atoms with van der Waals surface area (Å²) in [5.74, 6) is 0.725. The molecule has 1 aromatic carbocycles. The molecule has 0 fully saturated rings. The van der Waals surface area contributed by atoms with Gasteiger partial charge in [0, 0.05) is 10.8 Å². The second-order valence-electron chi connectivity index (χ2n) is 2.88. The molecule has 2 aromatic rings. The lowest BCUT2D eigenvalue weighted by atomic mass is 10.2. The van der Waals surface area contributed by atoms with Gasteiger partial charge in [0.2, 0.25) is 0 Å². The summed E-state index contributed by atoms with van der Waals surface area (Å²) in [6.07, 6.45) is 0. The van der Waals surface area contributed by atoms with Gasteiger partial charge in [0.15, 0.2) is 0 Å². The molecule has 0 aliphatic rings. The Morgan fingerprint density at radius 1 is 1.50 bits per heavy atom. The van der Waals surface area contributed by atoms with Crippen LogP contribution in [0.15, 0.2) is 17.5 Å². The molecule has 0 amide bonds. The fraction of sp³-hybridized carbons (Fsp3) is 0.200. The standard InChI is InChI=1S/C10H10ClNOS/c1-2-13-8-4-3-6-7(12)5-14-10(6)9(8)11/h3-5H,2,12H2,1H3. The van der Waals surface area contributed by atoms with Gasteiger partial charge in [0.05, 0.1) is 17.0 Å². The summed E-state index contributed by atoms with van der Waals surface area (Å²) in [6, 6.07) is 3.80. The van der Waals surface area contributed by atoms with Crippen molar-refractivity contribution in [3.8, 4) is 5.75 Å². The molecule has 0 aliphatic carbocycles. The SMILES string of the molecule is CCOc1ccc2c(N)csc2c1Cl. The first kappa shape index (κ1) is 9.62. The van der Waals surface area contributed by atoms with Gasteiger partial charge >= 0.3 is 0 Å². The van der Waals surface area contributed by atoms with E-state index in [9.17, 15) is 0 Å². The van der Waals surface area contributed by atoms with Gasteiger partial charge < -0.3 is 10.5 Å². The van der Waals surface area contributed by atoms with Gasteiger partial charge in [0.1, 0.15) is 10.8 Å². The molecule has 4 heteroatoms. The Hall–Kier alpha value is -0.930. The number of ether oxygens (including phenoxy) is 1. The van der Waals surface area contributed by atoms with Crippen LogP contribution >= 0.6 is 22.9 Å². The van der Waals surface area contributed by atoms with Crippen molar-refractivity contribution >= 4 is 38.7 Å². The number of hydrogen-bond donors (Lipinski definition) is 1. The molecule has 14 heavy (non-hydrogen) atoms. The molecule has 0 saturated carbocycles. The summed E-state index contributed by atoms with van der Waals surface area (Å²) >= 11 is 7.71. The van der Waals surface area contributed by atoms with Crippen molar-refractivity contribution in [2.75, 3.05) is 12.3 Å². The van der Waals surface area contributed by atoms with Crippen molar-refractivity contribution in [2.45, 2.75) is 6.92 Å². The molecule has 1 aromatic heterocycles. The van der Waals surface area contributed by atoms with Crippen LogP contribution in [0.1, 0.15) is 6.92 Å². The van der Waals surface area contributed by atoms with E-state index in [1.807, 2.05) is 24.4 Å². The van der Waals surface area contributed by atoms with Gasteiger partial charge in [-0.05, 0) is 19.1 Å². The van der Waals surface area contributed by atoms with Crippen molar-refractivity contribution < 1.29 is 4.74 Å². The van der Waals surface area contributed by atoms with Crippen molar-refractivity contribution in [3.63, 3.8) is 0 Å². The van der Waals surface area contributed by atoms with Crippen LogP contribution in [0.5, 0.6) is 5.75 Å². The normalized spacial score (nSPS) is 10.7. The van der Waals surface area contributed by atoms with Gasteiger partial charge in [-0.1, -0.05) is 11.6 Å². The molecule has 0 bridgehead atoms. The van der Waals surface area contributed by atoms with Gasteiger partial charge in [-0.25, -0.2) is 0 Å². The first-order chi connectivity index (χ1) is 6.74. The van der Waals surface area contributed by atoms with Gasteiger partial charge in [-0.2, -0.15) is 0 Å². The van der Waals surface area contributed by atoms with Gasteiger partial charge in [-0.15, -0.1) is 11.3 Å². The van der Waals surface area contributed by atoms with Crippen LogP contribution in [0.3, 0.4) is 0 Å². The highest BCUT2D eigenvalue weighted by atomic mass is 35.5. The van der Waals surface area contributed by atoms with E-state index in [1.54, 1.807) is 11.3 Å². The van der Waals surface area contributed by atoms with E-state index >= 15 is 0 Å². The van der Waals surface area contributed by atoms with Crippen LogP contribution in [0.25, 0.3) is 10.1 Å². The summed E-state index contributed by atoms with van der Waals surface area (Å²) in [7, 11) is 0. The van der Waals surface area contributed by atoms with Crippen LogP contribution in [0.4, 0.5) is 5.69 Å². The largest absolute Gasteiger partial charge is 0.492 e. The lowest BCUT2D eigenvalue weighted by molar-refractivity contribution is 0.341. The van der Waals surface area contributed by atoms with Crippen LogP contribution < -0.4 is 10.5 Å². The number of thiophene rings is 1. The number of benzene rings is 1. The number of fused-ring (bicyclic) bond motifs is 1. The fourth-order valence-electron chi connectivity index (χ4n) is 1.33. The maximum Gasteiger partial charge on any atom is 0.139 e. The minimum Gasteiger partial charge on any atom is -0.492 e. The maximum absolute atomic E-state index is 6.16. The predicted molar refractivity (Wildman–Crippen MR) is 62.4 cm³/mol. The number of anilines is 1. The van der Waals surface area contributed by atoms with E-state index in [4.69, 9.17) is 22.1 Å². The number of nitrogens with two attached hydrogens (primary N) is 1. The second-order valence-corrected chi connectivity index (χ2v) is 4.14. The van der Waals surface area contributed by atoms with E-state index in [1.165, 1.54) is 0 Å². The van der Waals surface area contributed by atoms with E-state index in [0.29, 0.717) is 11.6 Å². The molecular formula is C10H10ClNOS. The van der Waals surface area contributed by atoms with Crippen molar-refractivity contribution in [2.24, 2.45) is 0 Å². The summed E-state index contributed by atoms with van der Waals surface area (Å²) in [6.45, 7) is 2.55. The van der Waals surface area contributed by atoms with Crippen LogP contribution in [0, 0.1) is 0 Å². The Labute approximate surface area is 91.2 Å². The Morgan fingerprint density at radius 3 is 3.00 bits per heavy atom. The smallest absolute Gasteiger partial charge is 0.139 e. The monoisotopic (exact) mass is 227 g/mol. The summed E-state index contributed by atoms with van der Waals surface area (Å²) in [5, 5.41) is 3.56. The minimum atomic E-state index is 0.617. The van der Waals surface area contributed by atoms with Crippen molar-refractivity contribution in [1.29, 1.82) is 0 Å². The molecule has 0 atom stereocenters. The quantitative estimate of drug-likeness (QED) is 0.852. The Balaban J connectivity index is 2.63. The lowest BCUT2D eigenvalue weighted by Crippen LogP contribution is -1.91. The average molecular weight is 228 g/mol. The molecule has 0 aliphatic heterocycles. The second kappa shape index (κ2) is 3.67. The molecule has 0 saturated heterocycles. The Bertz CT molecular complexity index is 466. The van der Waals surface area contributed by atoms with E-state index in [0.717, 1.165) is 21.5 Å². The highest BCUT2D eigenvalue weighted by molar-refractivity contribution is 7.18. The predicted octanol–water partition coefficient (Wildman–Crippen LogP) is 3.54. The minimum absolute atomic E-state index is 0.617. The molecule has 0 unspecified atom stereocenters. The van der Waals surface area contributed by atoms with Crippen molar-refractivity contribution in [1.82, 2.24) is 0 Å². The third kappa shape index (κ3) is 1.42. The third-order valence-corrected chi connectivity index (χ3v) is 3.50. The number of halogens is 1. The zero-order valence-electron chi connectivity index (χ0n) is 7.71. The lowest BCUT2D eigenvalue weighted by Gasteiger charge is -2.05. The molecule has 0 spiro atoms. The van der Waals surface area contributed by atoms with Crippen LogP contribution in [0.2, 0.25) is 5.02 Å². The van der Waals surface area contributed by atoms with E-state index in [2.05, 4.69) is 0 Å². The Morgan fingerprint density at radius 2 is 2.29 bits per heavy atom. The highest BCUT2D eigenvalue weighted by Crippen LogP contribution is 2.39. The molecular weight excluding hydrogens is 218 g/mol. The zero-order valence-corrected chi connectivity index (χ0v) is 9.28. The fourth-order valence-corrected chi connectivity index (χ4v) is 2.58. The topological polar surface area (TPSA) is 35.2 Å². The average Bonchev–Trinajstić information content (AvgIpc) is 2.54. The molecule has 1 heterocycles. The number of rotatable bonds is 2. The Kier molecular flexibility index (Phi) is 2.52. The van der Waals surface area contributed by atoms with Gasteiger partial charge in [-0.3, -0.25) is 0 Å². The first-order valence-electron chi connectivity index (χ1n) is 4.32. The number of nitrogen functional groups attached to an aromatic ring is 1. The van der Waals surface area contributed by atoms with E-state index in [-0.39, 0.29) is 0 Å². The molecule has 2 N–H and O–H groups in total. The highest BCUT2D eigenvalue weighted by Gasteiger charge is 2.09. The third-order valence-electron chi connectivity index (χ3n) is 1.98. The molecule has 2 rings (SSSR count). The number of hydrogen-bond acceptors (Lipinski definition) is 3. The molecule has 74 valence electrons. The zero-order chi connectivity index (χ0) is 10.1. The van der Waals surface area contributed by atoms with E-state index < -0.39 is 0 Å². The van der Waals surface area contributed by atoms with Crippen LogP contribution in [-0.4, -0.2) is 6.61 Å². The van der Waals surface area contributed by atoms with Gasteiger partial charge in [0.25, 0.3) is 0 Å². The first-order valence-corrected chi connectivity index (χ1v) is 5.57. The van der Waals surface area contributed by atoms with Crippen molar-refractivity contribution in [3.05, 3.63) is 22.5 Å². The van der Waals surface area contributed by atoms with Crippen LogP contribution in [-0.2, 0) is 0 Å². The summed E-state index contributed by atoms with van der Waals surface area (Å²) in [5.41, 5.74) is 6.55. The maximum atomic E-state index is 6.16. The molecule has 0 radical (unpaired) electrons.